The lowest BCUT2D eigenvalue weighted by molar-refractivity contribution is -0.277. The normalized spacial score (nSPS) is 32.3. The SMILES string of the molecule is O=C(O)[C@@H]1O[C@@H](Oc2cc(O)c3c(=O)c(O[C@@H]4O[C@H](CO)[C@@H](O)[C@@H](O)[C@H]4O)c(-c4ccc(O)cc4)oc3c2)[C@@H](O)[C@@H](O)[C@@H]1O. The van der Waals surface area contributed by atoms with Crippen LogP contribution in [0.3, 0.4) is 0 Å². The third-order valence-corrected chi connectivity index (χ3v) is 7.18. The van der Waals surface area contributed by atoms with Gasteiger partial charge < -0.3 is 74.4 Å². The Kier molecular flexibility index (Phi) is 8.67. The van der Waals surface area contributed by atoms with E-state index in [1.165, 1.54) is 24.3 Å². The highest BCUT2D eigenvalue weighted by atomic mass is 16.7. The van der Waals surface area contributed by atoms with E-state index in [-0.39, 0.29) is 28.4 Å². The average Bonchev–Trinajstić information content (AvgIpc) is 2.98. The number of benzene rings is 2. The molecule has 0 radical (unpaired) electrons. The molecule has 0 bridgehead atoms. The third-order valence-electron chi connectivity index (χ3n) is 7.18. The Hall–Kier alpha value is -4.04. The number of carboxylic acids is 1. The molecule has 238 valence electrons. The maximum Gasteiger partial charge on any atom is 0.335 e. The minimum absolute atomic E-state index is 0.125. The highest BCUT2D eigenvalue weighted by molar-refractivity contribution is 5.88. The second-order valence-electron chi connectivity index (χ2n) is 10.1. The van der Waals surface area contributed by atoms with Crippen LogP contribution in [0.1, 0.15) is 0 Å². The number of carboxylic acid groups (broad SMARTS) is 1. The number of aromatic hydroxyl groups is 2. The first-order valence-electron chi connectivity index (χ1n) is 13.0. The molecule has 10 N–H and O–H groups in total. The Balaban J connectivity index is 1.58. The van der Waals surface area contributed by atoms with E-state index in [0.717, 1.165) is 12.1 Å². The molecule has 2 saturated heterocycles. The highest BCUT2D eigenvalue weighted by Crippen LogP contribution is 2.38. The van der Waals surface area contributed by atoms with Gasteiger partial charge in [-0.2, -0.15) is 0 Å². The van der Waals surface area contributed by atoms with E-state index in [0.29, 0.717) is 0 Å². The first-order valence-corrected chi connectivity index (χ1v) is 13.0. The predicted octanol–water partition coefficient (Wildman–Crippen LogP) is -2.68. The smallest absolute Gasteiger partial charge is 0.335 e. The van der Waals surface area contributed by atoms with Gasteiger partial charge in [0.25, 0.3) is 0 Å². The summed E-state index contributed by atoms with van der Waals surface area (Å²) in [5, 5.41) is 99.8. The molecule has 10 atom stereocenters. The molecule has 1 aromatic heterocycles. The summed E-state index contributed by atoms with van der Waals surface area (Å²) < 4.78 is 27.4. The lowest BCUT2D eigenvalue weighted by Crippen LogP contribution is -2.61. The van der Waals surface area contributed by atoms with Crippen molar-refractivity contribution in [3.63, 3.8) is 0 Å². The predicted molar refractivity (Wildman–Crippen MR) is 141 cm³/mol. The molecule has 3 heterocycles. The topological polar surface area (TPSA) is 286 Å². The lowest BCUT2D eigenvalue weighted by atomic mass is 9.99. The molecule has 2 aliphatic rings. The standard InChI is InChI=1S/C27H28O17/c28-7-13-15(31)17(33)20(36)27(42-13)43-23-16(32)14-11(30)5-10(6-12(14)41-22(23)8-1-3-9(29)4-2-8)40-26-21(37)18(34)19(35)24(44-26)25(38)39/h1-6,13,15,17-21,24,26-31,33-37H,7H2,(H,38,39)/t13-,15-,17-,18+,19+,20-,21+,24-,26-,27+/m1/s1. The number of aliphatic hydroxyl groups is 7. The van der Waals surface area contributed by atoms with Crippen LogP contribution in [0.25, 0.3) is 22.3 Å². The van der Waals surface area contributed by atoms with Crippen LogP contribution in [-0.2, 0) is 14.3 Å². The largest absolute Gasteiger partial charge is 0.508 e. The summed E-state index contributed by atoms with van der Waals surface area (Å²) in [6, 6.07) is 7.07. The molecule has 0 saturated carbocycles. The fourth-order valence-electron chi connectivity index (χ4n) is 4.80. The van der Waals surface area contributed by atoms with Gasteiger partial charge in [-0.05, 0) is 24.3 Å². The lowest BCUT2D eigenvalue weighted by Gasteiger charge is -2.39. The number of phenols is 2. The summed E-state index contributed by atoms with van der Waals surface area (Å²) in [4.78, 5) is 25.1. The van der Waals surface area contributed by atoms with Gasteiger partial charge in [-0.25, -0.2) is 4.79 Å². The maximum atomic E-state index is 13.7. The van der Waals surface area contributed by atoms with Gasteiger partial charge in [-0.15, -0.1) is 0 Å². The van der Waals surface area contributed by atoms with Gasteiger partial charge in [0.15, 0.2) is 11.9 Å². The maximum absolute atomic E-state index is 13.7. The number of fused-ring (bicyclic) bond motifs is 1. The Labute approximate surface area is 245 Å². The van der Waals surface area contributed by atoms with Gasteiger partial charge in [-0.3, -0.25) is 4.79 Å². The molecule has 0 spiro atoms. The summed E-state index contributed by atoms with van der Waals surface area (Å²) >= 11 is 0. The minimum atomic E-state index is -1.99. The second kappa shape index (κ2) is 12.2. The molecular weight excluding hydrogens is 596 g/mol. The van der Waals surface area contributed by atoms with Crippen molar-refractivity contribution >= 4 is 16.9 Å². The third kappa shape index (κ3) is 5.63. The number of carbonyl (C=O) groups is 1. The van der Waals surface area contributed by atoms with Crippen LogP contribution >= 0.6 is 0 Å². The van der Waals surface area contributed by atoms with Gasteiger partial charge in [0.2, 0.25) is 23.8 Å². The van der Waals surface area contributed by atoms with E-state index in [1.807, 2.05) is 0 Å². The molecule has 0 unspecified atom stereocenters. The van der Waals surface area contributed by atoms with Gasteiger partial charge in [-0.1, -0.05) is 0 Å². The fourth-order valence-corrected chi connectivity index (χ4v) is 4.80. The summed E-state index contributed by atoms with van der Waals surface area (Å²) in [5.74, 6) is -3.91. The summed E-state index contributed by atoms with van der Waals surface area (Å²) in [6.07, 6.45) is -18.4. The van der Waals surface area contributed by atoms with Crippen molar-refractivity contribution in [2.24, 2.45) is 0 Å². The van der Waals surface area contributed by atoms with Crippen molar-refractivity contribution in [3.8, 4) is 34.3 Å². The number of aliphatic carboxylic acids is 1. The van der Waals surface area contributed by atoms with E-state index in [4.69, 9.17) is 23.4 Å². The Morgan fingerprint density at radius 1 is 0.795 bits per heavy atom. The van der Waals surface area contributed by atoms with Crippen molar-refractivity contribution in [1.82, 2.24) is 0 Å². The summed E-state index contributed by atoms with van der Waals surface area (Å²) in [5.41, 5.74) is -1.26. The summed E-state index contributed by atoms with van der Waals surface area (Å²) in [6.45, 7) is -0.784. The van der Waals surface area contributed by atoms with Crippen LogP contribution in [0.15, 0.2) is 45.6 Å². The second-order valence-corrected chi connectivity index (χ2v) is 10.1. The molecule has 0 amide bonds. The zero-order valence-corrected chi connectivity index (χ0v) is 22.3. The van der Waals surface area contributed by atoms with Crippen LogP contribution in [0, 0.1) is 0 Å². The Morgan fingerprint density at radius 2 is 1.41 bits per heavy atom. The van der Waals surface area contributed by atoms with Gasteiger partial charge in [0, 0.05) is 17.7 Å². The van der Waals surface area contributed by atoms with Gasteiger partial charge in [0.1, 0.15) is 70.9 Å². The minimum Gasteiger partial charge on any atom is -0.508 e. The first-order chi connectivity index (χ1) is 20.8. The quantitative estimate of drug-likeness (QED) is 0.128. The monoisotopic (exact) mass is 624 g/mol. The summed E-state index contributed by atoms with van der Waals surface area (Å²) in [7, 11) is 0. The van der Waals surface area contributed by atoms with E-state index < -0.39 is 96.3 Å². The van der Waals surface area contributed by atoms with E-state index in [1.54, 1.807) is 0 Å². The van der Waals surface area contributed by atoms with Gasteiger partial charge in [0.05, 0.1) is 6.61 Å². The molecule has 2 aliphatic heterocycles. The van der Waals surface area contributed by atoms with Crippen molar-refractivity contribution in [1.29, 1.82) is 0 Å². The van der Waals surface area contributed by atoms with Crippen LogP contribution in [-0.4, -0.2) is 125 Å². The number of aliphatic hydroxyl groups excluding tert-OH is 7. The number of hydrogen-bond donors (Lipinski definition) is 10. The van der Waals surface area contributed by atoms with Crippen LogP contribution in [0.5, 0.6) is 23.0 Å². The van der Waals surface area contributed by atoms with Crippen molar-refractivity contribution in [2.45, 2.75) is 61.4 Å². The van der Waals surface area contributed by atoms with E-state index in [9.17, 15) is 60.7 Å². The Bertz CT molecular complexity index is 1570. The van der Waals surface area contributed by atoms with Crippen LogP contribution < -0.4 is 14.9 Å². The molecule has 44 heavy (non-hydrogen) atoms. The van der Waals surface area contributed by atoms with Crippen molar-refractivity contribution in [3.05, 3.63) is 46.6 Å². The van der Waals surface area contributed by atoms with E-state index >= 15 is 0 Å². The zero-order valence-electron chi connectivity index (χ0n) is 22.3. The molecule has 5 rings (SSSR count). The van der Waals surface area contributed by atoms with Crippen molar-refractivity contribution in [2.75, 3.05) is 6.61 Å². The molecule has 3 aromatic rings. The zero-order chi connectivity index (χ0) is 32.0. The fraction of sp³-hybridized carbons (Fsp3) is 0.407. The molecule has 0 aliphatic carbocycles. The van der Waals surface area contributed by atoms with E-state index in [2.05, 4.69) is 0 Å². The molecular formula is C27H28O17. The van der Waals surface area contributed by atoms with Crippen LogP contribution in [0.4, 0.5) is 0 Å². The van der Waals surface area contributed by atoms with Crippen LogP contribution in [0.2, 0.25) is 0 Å². The molecule has 2 fully saturated rings. The highest BCUT2D eigenvalue weighted by Gasteiger charge is 2.48. The average molecular weight is 625 g/mol. The molecule has 17 heteroatoms. The van der Waals surface area contributed by atoms with Gasteiger partial charge >= 0.3 is 5.97 Å². The number of phenolic OH excluding ortho intramolecular Hbond substituents is 2. The number of hydrogen-bond acceptors (Lipinski definition) is 16. The number of rotatable bonds is 7. The molecule has 17 nitrogen and oxygen atoms in total. The number of ether oxygens (including phenoxy) is 4. The first kappa shape index (κ1) is 31.4. The molecule has 2 aromatic carbocycles. The van der Waals surface area contributed by atoms with Crippen molar-refractivity contribution < 1.29 is 79.2 Å². The Morgan fingerprint density at radius 3 is 2.02 bits per heavy atom.